The van der Waals surface area contributed by atoms with Crippen LogP contribution in [-0.4, -0.2) is 30.0 Å². The Hall–Kier alpha value is -0.580. The molecule has 1 heterocycles. The van der Waals surface area contributed by atoms with Gasteiger partial charge in [0.2, 0.25) is 0 Å². The Morgan fingerprint density at radius 3 is 2.94 bits per heavy atom. The number of ether oxygens (including phenoxy) is 1. The largest absolute Gasteiger partial charge is 0.383 e. The summed E-state index contributed by atoms with van der Waals surface area (Å²) in [6.07, 6.45) is 5.64. The van der Waals surface area contributed by atoms with E-state index in [2.05, 4.69) is 17.3 Å². The molecule has 0 aromatic carbocycles. The van der Waals surface area contributed by atoms with Crippen molar-refractivity contribution in [2.75, 3.05) is 20.3 Å². The van der Waals surface area contributed by atoms with E-state index in [1.165, 1.54) is 19.3 Å². The summed E-state index contributed by atoms with van der Waals surface area (Å²) in [4.78, 5) is 0. The van der Waals surface area contributed by atoms with Crippen LogP contribution in [0, 0.1) is 5.92 Å². The third-order valence-electron chi connectivity index (χ3n) is 3.68. The van der Waals surface area contributed by atoms with E-state index < -0.39 is 0 Å². The minimum atomic E-state index is 0.329. The highest BCUT2D eigenvalue weighted by Crippen LogP contribution is 2.39. The van der Waals surface area contributed by atoms with E-state index in [-0.39, 0.29) is 0 Å². The zero-order valence-corrected chi connectivity index (χ0v) is 11.9. The van der Waals surface area contributed by atoms with Crippen molar-refractivity contribution in [3.8, 4) is 0 Å². The highest BCUT2D eigenvalue weighted by molar-refractivity contribution is 6.31. The maximum absolute atomic E-state index is 6.32. The molecule has 5 heteroatoms. The minimum absolute atomic E-state index is 0.329. The zero-order chi connectivity index (χ0) is 13.0. The SMILES string of the molecule is CCNC(c1c(Cl)cnn1CCOC)C1CCC1. The second kappa shape index (κ2) is 6.55. The predicted octanol–water partition coefficient (Wildman–Crippen LogP) is 2.63. The minimum Gasteiger partial charge on any atom is -0.383 e. The van der Waals surface area contributed by atoms with Gasteiger partial charge in [-0.1, -0.05) is 24.9 Å². The molecule has 2 rings (SSSR count). The van der Waals surface area contributed by atoms with Gasteiger partial charge in [0.05, 0.1) is 36.1 Å². The van der Waals surface area contributed by atoms with Crippen LogP contribution in [0.2, 0.25) is 5.02 Å². The van der Waals surface area contributed by atoms with Crippen molar-refractivity contribution >= 4 is 11.6 Å². The first-order chi connectivity index (χ1) is 8.77. The van der Waals surface area contributed by atoms with E-state index in [0.29, 0.717) is 18.6 Å². The lowest BCUT2D eigenvalue weighted by Crippen LogP contribution is -2.34. The van der Waals surface area contributed by atoms with Crippen LogP contribution in [0.4, 0.5) is 0 Å². The molecule has 1 atom stereocenters. The molecule has 0 aliphatic heterocycles. The van der Waals surface area contributed by atoms with Crippen LogP contribution in [0.3, 0.4) is 0 Å². The maximum Gasteiger partial charge on any atom is 0.0834 e. The van der Waals surface area contributed by atoms with E-state index in [4.69, 9.17) is 16.3 Å². The quantitative estimate of drug-likeness (QED) is 0.829. The molecular weight excluding hydrogens is 250 g/mol. The monoisotopic (exact) mass is 271 g/mol. The van der Waals surface area contributed by atoms with E-state index in [1.807, 2.05) is 4.68 Å². The molecule has 18 heavy (non-hydrogen) atoms. The van der Waals surface area contributed by atoms with Crippen LogP contribution >= 0.6 is 11.6 Å². The number of hydrogen-bond donors (Lipinski definition) is 1. The van der Waals surface area contributed by atoms with Crippen molar-refractivity contribution in [1.82, 2.24) is 15.1 Å². The molecule has 4 nitrogen and oxygen atoms in total. The summed E-state index contributed by atoms with van der Waals surface area (Å²) in [6.45, 7) is 4.50. The predicted molar refractivity (Wildman–Crippen MR) is 72.9 cm³/mol. The molecule has 0 amide bonds. The van der Waals surface area contributed by atoms with Gasteiger partial charge in [0, 0.05) is 7.11 Å². The lowest BCUT2D eigenvalue weighted by molar-refractivity contribution is 0.176. The number of hydrogen-bond acceptors (Lipinski definition) is 3. The fourth-order valence-electron chi connectivity index (χ4n) is 2.52. The zero-order valence-electron chi connectivity index (χ0n) is 11.2. The summed E-state index contributed by atoms with van der Waals surface area (Å²) in [6, 6.07) is 0.329. The second-order valence-corrected chi connectivity index (χ2v) is 5.23. The molecule has 1 fully saturated rings. The lowest BCUT2D eigenvalue weighted by atomic mass is 9.78. The smallest absolute Gasteiger partial charge is 0.0834 e. The molecular formula is C13H22ClN3O. The topological polar surface area (TPSA) is 39.1 Å². The Bertz CT molecular complexity index is 376. The number of halogens is 1. The van der Waals surface area contributed by atoms with Gasteiger partial charge in [0.25, 0.3) is 0 Å². The van der Waals surface area contributed by atoms with Crippen LogP contribution in [-0.2, 0) is 11.3 Å². The molecule has 1 aliphatic carbocycles. The number of nitrogens with zero attached hydrogens (tertiary/aromatic N) is 2. The molecule has 1 saturated carbocycles. The van der Waals surface area contributed by atoms with E-state index in [9.17, 15) is 0 Å². The standard InChI is InChI=1S/C13H22ClN3O/c1-3-15-12(10-5-4-6-10)13-11(14)9-16-17(13)7-8-18-2/h9-10,12,15H,3-8H2,1-2H3. The third kappa shape index (κ3) is 2.87. The van der Waals surface area contributed by atoms with Gasteiger partial charge < -0.3 is 10.1 Å². The number of nitrogens with one attached hydrogen (secondary N) is 1. The number of aromatic nitrogens is 2. The fraction of sp³-hybridized carbons (Fsp3) is 0.769. The average Bonchev–Trinajstić information content (AvgIpc) is 2.65. The Balaban J connectivity index is 2.18. The van der Waals surface area contributed by atoms with Gasteiger partial charge in [-0.05, 0) is 25.3 Å². The Labute approximate surface area is 114 Å². The van der Waals surface area contributed by atoms with Crippen LogP contribution < -0.4 is 5.32 Å². The van der Waals surface area contributed by atoms with Gasteiger partial charge in [0.15, 0.2) is 0 Å². The van der Waals surface area contributed by atoms with Gasteiger partial charge in [-0.15, -0.1) is 0 Å². The molecule has 0 radical (unpaired) electrons. The molecule has 0 bridgehead atoms. The highest BCUT2D eigenvalue weighted by atomic mass is 35.5. The van der Waals surface area contributed by atoms with Gasteiger partial charge in [-0.2, -0.15) is 5.10 Å². The lowest BCUT2D eigenvalue weighted by Gasteiger charge is -2.34. The Morgan fingerprint density at radius 2 is 2.39 bits per heavy atom. The normalized spacial score (nSPS) is 17.7. The molecule has 102 valence electrons. The summed E-state index contributed by atoms with van der Waals surface area (Å²) in [5.74, 6) is 0.695. The van der Waals surface area contributed by atoms with Gasteiger partial charge in [-0.25, -0.2) is 0 Å². The van der Waals surface area contributed by atoms with Crippen molar-refractivity contribution in [3.63, 3.8) is 0 Å². The first-order valence-corrected chi connectivity index (χ1v) is 7.09. The second-order valence-electron chi connectivity index (χ2n) is 4.82. The number of methoxy groups -OCH3 is 1. The van der Waals surface area contributed by atoms with Crippen molar-refractivity contribution < 1.29 is 4.74 Å². The van der Waals surface area contributed by atoms with Gasteiger partial charge in [-0.3, -0.25) is 4.68 Å². The molecule has 1 unspecified atom stereocenters. The highest BCUT2D eigenvalue weighted by Gasteiger charge is 2.31. The van der Waals surface area contributed by atoms with Crippen LogP contribution in [0.25, 0.3) is 0 Å². The van der Waals surface area contributed by atoms with Crippen molar-refractivity contribution in [3.05, 3.63) is 16.9 Å². The molecule has 0 saturated heterocycles. The van der Waals surface area contributed by atoms with E-state index in [0.717, 1.165) is 23.8 Å². The molecule has 1 N–H and O–H groups in total. The van der Waals surface area contributed by atoms with Gasteiger partial charge >= 0.3 is 0 Å². The molecule has 1 aromatic rings. The van der Waals surface area contributed by atoms with Crippen LogP contribution in [0.15, 0.2) is 6.20 Å². The van der Waals surface area contributed by atoms with Gasteiger partial charge in [0.1, 0.15) is 0 Å². The summed E-state index contributed by atoms with van der Waals surface area (Å²) in [7, 11) is 1.71. The van der Waals surface area contributed by atoms with E-state index >= 15 is 0 Å². The maximum atomic E-state index is 6.32. The fourth-order valence-corrected chi connectivity index (χ4v) is 2.78. The van der Waals surface area contributed by atoms with Crippen LogP contribution in [0.5, 0.6) is 0 Å². The van der Waals surface area contributed by atoms with Crippen LogP contribution in [0.1, 0.15) is 37.9 Å². The Morgan fingerprint density at radius 1 is 1.61 bits per heavy atom. The molecule has 0 spiro atoms. The molecule has 1 aromatic heterocycles. The number of rotatable bonds is 7. The first-order valence-electron chi connectivity index (χ1n) is 6.71. The summed E-state index contributed by atoms with van der Waals surface area (Å²) < 4.78 is 7.11. The van der Waals surface area contributed by atoms with Crippen molar-refractivity contribution in [1.29, 1.82) is 0 Å². The molecule has 1 aliphatic rings. The summed E-state index contributed by atoms with van der Waals surface area (Å²) >= 11 is 6.32. The summed E-state index contributed by atoms with van der Waals surface area (Å²) in [5, 5.41) is 8.69. The van der Waals surface area contributed by atoms with Crippen molar-refractivity contribution in [2.24, 2.45) is 5.92 Å². The summed E-state index contributed by atoms with van der Waals surface area (Å²) in [5.41, 5.74) is 1.13. The van der Waals surface area contributed by atoms with Crippen molar-refractivity contribution in [2.45, 2.75) is 38.8 Å². The third-order valence-corrected chi connectivity index (χ3v) is 3.97. The van der Waals surface area contributed by atoms with E-state index in [1.54, 1.807) is 13.3 Å². The first kappa shape index (κ1) is 13.8. The Kier molecular flexibility index (Phi) is 5.03. The average molecular weight is 272 g/mol.